The molecule has 0 amide bonds. The third-order valence-corrected chi connectivity index (χ3v) is 4.83. The van der Waals surface area contributed by atoms with Gasteiger partial charge in [0.15, 0.2) is 5.82 Å². The highest BCUT2D eigenvalue weighted by atomic mass is 35.5. The highest BCUT2D eigenvalue weighted by molar-refractivity contribution is 7.99. The second-order valence-corrected chi connectivity index (χ2v) is 6.21. The van der Waals surface area contributed by atoms with Crippen LogP contribution in [0.4, 0.5) is 21.5 Å². The summed E-state index contributed by atoms with van der Waals surface area (Å²) >= 11 is 7.69. The Labute approximate surface area is 115 Å². The lowest BCUT2D eigenvalue weighted by atomic mass is 10.1. The Morgan fingerprint density at radius 2 is 2.17 bits per heavy atom. The number of anilines is 3. The predicted molar refractivity (Wildman–Crippen MR) is 78.8 cm³/mol. The van der Waals surface area contributed by atoms with E-state index in [4.69, 9.17) is 23.1 Å². The molecule has 0 spiro atoms. The molecule has 1 atom stereocenters. The maximum atomic E-state index is 13.9. The molecule has 1 unspecified atom stereocenters. The van der Waals surface area contributed by atoms with Gasteiger partial charge in [-0.05, 0) is 24.7 Å². The molecule has 1 aromatic carbocycles. The molecule has 2 rings (SSSR count). The summed E-state index contributed by atoms with van der Waals surface area (Å²) in [6, 6.07) is 1.49. The molecule has 1 aliphatic rings. The van der Waals surface area contributed by atoms with Gasteiger partial charge in [-0.1, -0.05) is 18.0 Å². The molecule has 1 aliphatic heterocycles. The molecule has 1 heterocycles. The van der Waals surface area contributed by atoms with Gasteiger partial charge in [-0.2, -0.15) is 11.8 Å². The summed E-state index contributed by atoms with van der Waals surface area (Å²) in [5, 5.41) is 3.50. The van der Waals surface area contributed by atoms with Gasteiger partial charge in [0, 0.05) is 11.8 Å². The van der Waals surface area contributed by atoms with Crippen molar-refractivity contribution in [2.24, 2.45) is 0 Å². The lowest BCUT2D eigenvalue weighted by molar-refractivity contribution is 0.629. The Kier molecular flexibility index (Phi) is 4.45. The van der Waals surface area contributed by atoms with Crippen LogP contribution in [0.25, 0.3) is 0 Å². The lowest BCUT2D eigenvalue weighted by Crippen LogP contribution is -2.21. The fraction of sp³-hybridized carbons (Fsp3) is 0.500. The van der Waals surface area contributed by atoms with Crippen LogP contribution in [-0.2, 0) is 0 Å². The van der Waals surface area contributed by atoms with Gasteiger partial charge in [0.05, 0.1) is 17.1 Å². The Balaban J connectivity index is 2.06. The molecule has 1 aromatic rings. The first-order valence-corrected chi connectivity index (χ1v) is 7.40. The van der Waals surface area contributed by atoms with Crippen LogP contribution in [0.3, 0.4) is 0 Å². The van der Waals surface area contributed by atoms with Crippen molar-refractivity contribution >= 4 is 40.4 Å². The van der Waals surface area contributed by atoms with Crippen LogP contribution >= 0.6 is 23.4 Å². The molecule has 1 fully saturated rings. The molecular weight excluding hydrogens is 273 g/mol. The zero-order valence-corrected chi connectivity index (χ0v) is 11.6. The molecule has 0 aromatic heterocycles. The maximum absolute atomic E-state index is 13.9. The van der Waals surface area contributed by atoms with E-state index in [1.807, 2.05) is 11.8 Å². The smallest absolute Gasteiger partial charge is 0.169 e. The number of nitrogen functional groups attached to an aromatic ring is 2. The second-order valence-electron chi connectivity index (χ2n) is 4.43. The van der Waals surface area contributed by atoms with Gasteiger partial charge in [0.1, 0.15) is 5.02 Å². The predicted octanol–water partition coefficient (Wildman–Crippen LogP) is 3.34. The van der Waals surface area contributed by atoms with Crippen molar-refractivity contribution in [1.82, 2.24) is 0 Å². The zero-order valence-electron chi connectivity index (χ0n) is 10.0. The molecule has 6 heteroatoms. The second kappa shape index (κ2) is 5.89. The Hall–Kier alpha value is -0.810. The average molecular weight is 290 g/mol. The number of halogens is 2. The van der Waals surface area contributed by atoms with E-state index < -0.39 is 5.82 Å². The largest absolute Gasteiger partial charge is 0.397 e. The minimum absolute atomic E-state index is 0.0667. The van der Waals surface area contributed by atoms with E-state index in [2.05, 4.69) is 5.32 Å². The maximum Gasteiger partial charge on any atom is 0.169 e. The molecule has 3 nitrogen and oxygen atoms in total. The van der Waals surface area contributed by atoms with Crippen LogP contribution in [-0.4, -0.2) is 17.5 Å². The van der Waals surface area contributed by atoms with Gasteiger partial charge in [0.2, 0.25) is 0 Å². The Morgan fingerprint density at radius 3 is 2.83 bits per heavy atom. The summed E-state index contributed by atoms with van der Waals surface area (Å²) in [4.78, 5) is 0. The SMILES string of the molecule is Nc1cc(N)c(NCC2CCCCS2)c(F)c1Cl. The number of nitrogens with two attached hydrogens (primary N) is 2. The molecule has 0 radical (unpaired) electrons. The summed E-state index contributed by atoms with van der Waals surface area (Å²) in [5.74, 6) is 0.613. The highest BCUT2D eigenvalue weighted by Crippen LogP contribution is 2.34. The first kappa shape index (κ1) is 13.6. The molecule has 1 saturated heterocycles. The van der Waals surface area contributed by atoms with Crippen LogP contribution in [0.15, 0.2) is 6.07 Å². The van der Waals surface area contributed by atoms with Gasteiger partial charge < -0.3 is 16.8 Å². The Morgan fingerprint density at radius 1 is 1.39 bits per heavy atom. The van der Waals surface area contributed by atoms with Gasteiger partial charge in [-0.15, -0.1) is 0 Å². The molecular formula is C12H17ClFN3S. The van der Waals surface area contributed by atoms with Crippen molar-refractivity contribution in [2.75, 3.05) is 29.1 Å². The van der Waals surface area contributed by atoms with E-state index in [9.17, 15) is 4.39 Å². The van der Waals surface area contributed by atoms with Gasteiger partial charge in [0.25, 0.3) is 0 Å². The fourth-order valence-electron chi connectivity index (χ4n) is 2.03. The number of nitrogens with one attached hydrogen (secondary N) is 1. The number of hydrogen-bond donors (Lipinski definition) is 3. The summed E-state index contributed by atoms with van der Waals surface area (Å²) in [6.07, 6.45) is 3.66. The minimum atomic E-state index is -0.560. The minimum Gasteiger partial charge on any atom is -0.397 e. The molecule has 18 heavy (non-hydrogen) atoms. The van der Waals surface area contributed by atoms with Crippen LogP contribution < -0.4 is 16.8 Å². The summed E-state index contributed by atoms with van der Waals surface area (Å²) < 4.78 is 13.9. The summed E-state index contributed by atoms with van der Waals surface area (Å²) in [7, 11) is 0. The third-order valence-electron chi connectivity index (χ3n) is 3.05. The normalized spacial score (nSPS) is 19.8. The van der Waals surface area contributed by atoms with Crippen LogP contribution in [0.5, 0.6) is 0 Å². The standard InChI is InChI=1S/C12H17ClFN3S/c13-10-8(15)5-9(16)12(11(10)14)17-6-7-3-1-2-4-18-7/h5,7,17H,1-4,6,15-16H2. The van der Waals surface area contributed by atoms with Gasteiger partial charge in [-0.3, -0.25) is 0 Å². The number of rotatable bonds is 3. The first-order valence-electron chi connectivity index (χ1n) is 5.98. The van der Waals surface area contributed by atoms with E-state index in [1.165, 1.54) is 24.7 Å². The third kappa shape index (κ3) is 2.95. The van der Waals surface area contributed by atoms with Gasteiger partial charge in [-0.25, -0.2) is 4.39 Å². The molecule has 5 N–H and O–H groups in total. The lowest BCUT2D eigenvalue weighted by Gasteiger charge is -2.22. The first-order chi connectivity index (χ1) is 8.59. The summed E-state index contributed by atoms with van der Waals surface area (Å²) in [6.45, 7) is 0.700. The van der Waals surface area contributed by atoms with Crippen LogP contribution in [0, 0.1) is 5.82 Å². The quantitative estimate of drug-likeness (QED) is 0.747. The van der Waals surface area contributed by atoms with Crippen LogP contribution in [0.1, 0.15) is 19.3 Å². The fourth-order valence-corrected chi connectivity index (χ4v) is 3.42. The van der Waals surface area contributed by atoms with Crippen molar-refractivity contribution < 1.29 is 4.39 Å². The van der Waals surface area contributed by atoms with Gasteiger partial charge >= 0.3 is 0 Å². The van der Waals surface area contributed by atoms with E-state index in [0.717, 1.165) is 6.42 Å². The van der Waals surface area contributed by atoms with E-state index >= 15 is 0 Å². The van der Waals surface area contributed by atoms with Crippen molar-refractivity contribution in [3.63, 3.8) is 0 Å². The highest BCUT2D eigenvalue weighted by Gasteiger charge is 2.17. The van der Waals surface area contributed by atoms with Crippen LogP contribution in [0.2, 0.25) is 5.02 Å². The number of hydrogen-bond acceptors (Lipinski definition) is 4. The van der Waals surface area contributed by atoms with E-state index in [1.54, 1.807) is 0 Å². The molecule has 0 aliphatic carbocycles. The molecule has 0 saturated carbocycles. The zero-order chi connectivity index (χ0) is 13.1. The van der Waals surface area contributed by atoms with E-state index in [-0.39, 0.29) is 16.4 Å². The average Bonchev–Trinajstić information content (AvgIpc) is 2.37. The summed E-state index contributed by atoms with van der Waals surface area (Å²) in [5.41, 5.74) is 12.0. The number of benzene rings is 1. The van der Waals surface area contributed by atoms with Crippen molar-refractivity contribution in [2.45, 2.75) is 24.5 Å². The van der Waals surface area contributed by atoms with Crippen molar-refractivity contribution in [1.29, 1.82) is 0 Å². The van der Waals surface area contributed by atoms with Crippen molar-refractivity contribution in [3.05, 3.63) is 16.9 Å². The van der Waals surface area contributed by atoms with Crippen molar-refractivity contribution in [3.8, 4) is 0 Å². The topological polar surface area (TPSA) is 64.1 Å². The number of thioether (sulfide) groups is 1. The molecule has 0 bridgehead atoms. The monoisotopic (exact) mass is 289 g/mol. The van der Waals surface area contributed by atoms with E-state index in [0.29, 0.717) is 17.5 Å². The molecule has 100 valence electrons. The Bertz CT molecular complexity index is 436.